The molecule has 7 nitrogen and oxygen atoms in total. The van der Waals surface area contributed by atoms with Gasteiger partial charge in [-0.15, -0.1) is 5.10 Å². The first-order chi connectivity index (χ1) is 14.5. The van der Waals surface area contributed by atoms with Crippen LogP contribution in [0.25, 0.3) is 11.3 Å². The number of hydrogen-bond acceptors (Lipinski definition) is 6. The third kappa shape index (κ3) is 2.90. The van der Waals surface area contributed by atoms with E-state index < -0.39 is 17.6 Å². The lowest BCUT2D eigenvalue weighted by atomic mass is 9.82. The Morgan fingerprint density at radius 3 is 2.63 bits per heavy atom. The van der Waals surface area contributed by atoms with Crippen LogP contribution in [0, 0.1) is 23.0 Å². The van der Waals surface area contributed by atoms with Crippen molar-refractivity contribution in [3.05, 3.63) is 70.6 Å². The number of allylic oxidation sites excluding steroid dienone is 1. The molecule has 0 radical (unpaired) electrons. The highest BCUT2D eigenvalue weighted by Crippen LogP contribution is 2.47. The molecule has 30 heavy (non-hydrogen) atoms. The van der Waals surface area contributed by atoms with Crippen molar-refractivity contribution in [2.45, 2.75) is 5.92 Å². The highest BCUT2D eigenvalue weighted by Gasteiger charge is 2.37. The van der Waals surface area contributed by atoms with Crippen LogP contribution in [0.5, 0.6) is 17.4 Å². The van der Waals surface area contributed by atoms with Crippen LogP contribution in [0.15, 0.2) is 47.9 Å². The molecule has 0 saturated carbocycles. The van der Waals surface area contributed by atoms with E-state index in [1.807, 2.05) is 6.07 Å². The number of aromatic nitrogens is 2. The quantitative estimate of drug-likeness (QED) is 0.681. The largest absolute Gasteiger partial charge is 0.493 e. The van der Waals surface area contributed by atoms with Gasteiger partial charge >= 0.3 is 0 Å². The number of aromatic amines is 1. The zero-order valence-corrected chi connectivity index (χ0v) is 16.0. The van der Waals surface area contributed by atoms with Gasteiger partial charge in [0.1, 0.15) is 11.6 Å². The summed E-state index contributed by atoms with van der Waals surface area (Å²) in [7, 11) is 3.01. The Morgan fingerprint density at radius 2 is 1.93 bits per heavy atom. The minimum Gasteiger partial charge on any atom is -0.493 e. The summed E-state index contributed by atoms with van der Waals surface area (Å²) < 4.78 is 44.8. The molecule has 152 valence electrons. The fourth-order valence-electron chi connectivity index (χ4n) is 3.51. The molecule has 3 aromatic rings. The number of nitrogens with zero attached hydrogens (tertiary/aromatic N) is 2. The van der Waals surface area contributed by atoms with Gasteiger partial charge in [-0.05, 0) is 24.3 Å². The predicted octanol–water partition coefficient (Wildman–Crippen LogP) is 3.59. The summed E-state index contributed by atoms with van der Waals surface area (Å²) in [6, 6.07) is 10.8. The fourth-order valence-corrected chi connectivity index (χ4v) is 3.51. The number of hydrogen-bond donors (Lipinski definition) is 2. The molecule has 1 aliphatic rings. The standard InChI is InChI=1S/C21H16F2N4O3/c1-28-14-7-6-10(8-15(14)29-2)19-17-16(11-4-3-5-13(22)18(11)23)12(9-24)20(25)30-21(17)27-26-19/h3-8,16H,25H2,1-2H3,(H,26,27)/t16-/m1/s1. The van der Waals surface area contributed by atoms with Gasteiger partial charge in [0.2, 0.25) is 11.8 Å². The zero-order valence-electron chi connectivity index (χ0n) is 16.0. The summed E-state index contributed by atoms with van der Waals surface area (Å²) in [6.45, 7) is 0. The summed E-state index contributed by atoms with van der Waals surface area (Å²) in [5, 5.41) is 16.6. The maximum Gasteiger partial charge on any atom is 0.244 e. The highest BCUT2D eigenvalue weighted by molar-refractivity contribution is 5.73. The molecule has 0 unspecified atom stereocenters. The molecule has 0 bridgehead atoms. The van der Waals surface area contributed by atoms with Crippen molar-refractivity contribution in [2.24, 2.45) is 5.73 Å². The number of nitriles is 1. The van der Waals surface area contributed by atoms with Crippen LogP contribution < -0.4 is 19.9 Å². The molecule has 0 amide bonds. The average molecular weight is 410 g/mol. The molecular formula is C21H16F2N4O3. The number of ether oxygens (including phenoxy) is 3. The topological polar surface area (TPSA) is 106 Å². The van der Waals surface area contributed by atoms with Crippen LogP contribution in [0.2, 0.25) is 0 Å². The molecule has 2 heterocycles. The van der Waals surface area contributed by atoms with Crippen molar-refractivity contribution in [1.29, 1.82) is 5.26 Å². The summed E-state index contributed by atoms with van der Waals surface area (Å²) in [5.74, 6) is -2.30. The first kappa shape index (κ1) is 19.3. The highest BCUT2D eigenvalue weighted by atomic mass is 19.2. The smallest absolute Gasteiger partial charge is 0.244 e. The number of nitrogens with two attached hydrogens (primary N) is 1. The van der Waals surface area contributed by atoms with Crippen LogP contribution in [0.4, 0.5) is 8.78 Å². The second kappa shape index (κ2) is 7.40. The lowest BCUT2D eigenvalue weighted by Gasteiger charge is -2.24. The minimum atomic E-state index is -1.07. The van der Waals surface area contributed by atoms with Crippen LogP contribution >= 0.6 is 0 Å². The molecule has 1 aromatic heterocycles. The molecule has 0 spiro atoms. The molecule has 1 atom stereocenters. The van der Waals surface area contributed by atoms with Gasteiger partial charge in [0.25, 0.3) is 0 Å². The van der Waals surface area contributed by atoms with Gasteiger partial charge in [-0.25, -0.2) is 8.78 Å². The Kier molecular flexibility index (Phi) is 4.75. The van der Waals surface area contributed by atoms with E-state index in [0.717, 1.165) is 6.07 Å². The number of methoxy groups -OCH3 is 2. The molecule has 0 saturated heterocycles. The zero-order chi connectivity index (χ0) is 21.4. The Morgan fingerprint density at radius 1 is 1.17 bits per heavy atom. The summed E-state index contributed by atoms with van der Waals surface area (Å²) >= 11 is 0. The molecule has 2 aromatic carbocycles. The number of benzene rings is 2. The van der Waals surface area contributed by atoms with Crippen LogP contribution in [0.1, 0.15) is 17.0 Å². The van der Waals surface area contributed by atoms with Crippen molar-refractivity contribution in [3.63, 3.8) is 0 Å². The van der Waals surface area contributed by atoms with Crippen LogP contribution in [-0.4, -0.2) is 24.4 Å². The Bertz CT molecular complexity index is 1210. The number of fused-ring (bicyclic) bond motifs is 1. The Hall–Kier alpha value is -4.06. The maximum atomic E-state index is 14.7. The number of nitrogens with one attached hydrogen (secondary N) is 1. The first-order valence-electron chi connectivity index (χ1n) is 8.82. The Balaban J connectivity index is 1.96. The summed E-state index contributed by atoms with van der Waals surface area (Å²) in [5.41, 5.74) is 7.20. The Labute approximate surface area is 170 Å². The molecule has 1 aliphatic heterocycles. The van der Waals surface area contributed by atoms with Gasteiger partial charge in [0.05, 0.1) is 31.4 Å². The van der Waals surface area contributed by atoms with Crippen LogP contribution in [-0.2, 0) is 0 Å². The van der Waals surface area contributed by atoms with Gasteiger partial charge in [0, 0.05) is 11.1 Å². The van der Waals surface area contributed by atoms with Gasteiger partial charge in [-0.2, -0.15) is 5.26 Å². The van der Waals surface area contributed by atoms with E-state index in [9.17, 15) is 14.0 Å². The van der Waals surface area contributed by atoms with E-state index in [0.29, 0.717) is 28.3 Å². The van der Waals surface area contributed by atoms with Gasteiger partial charge in [0.15, 0.2) is 23.1 Å². The van der Waals surface area contributed by atoms with Crippen molar-refractivity contribution in [3.8, 4) is 34.7 Å². The maximum absolute atomic E-state index is 14.7. The van der Waals surface area contributed by atoms with Gasteiger partial charge in [-0.1, -0.05) is 12.1 Å². The third-order valence-corrected chi connectivity index (χ3v) is 4.90. The molecular weight excluding hydrogens is 394 g/mol. The number of H-pyrrole nitrogens is 1. The van der Waals surface area contributed by atoms with E-state index in [4.69, 9.17) is 19.9 Å². The predicted molar refractivity (Wildman–Crippen MR) is 103 cm³/mol. The molecule has 0 fully saturated rings. The molecule has 0 aliphatic carbocycles. The SMILES string of the molecule is COc1ccc(-c2[nH]nc3c2[C@H](c2cccc(F)c2F)C(C#N)=C(N)O3)cc1OC. The van der Waals surface area contributed by atoms with E-state index in [1.165, 1.54) is 26.4 Å². The molecule has 4 rings (SSSR count). The minimum absolute atomic E-state index is 0.0462. The lowest BCUT2D eigenvalue weighted by Crippen LogP contribution is -2.21. The van der Waals surface area contributed by atoms with Crippen LogP contribution in [0.3, 0.4) is 0 Å². The number of halogens is 2. The average Bonchev–Trinajstić information content (AvgIpc) is 3.17. The van der Waals surface area contributed by atoms with E-state index in [2.05, 4.69) is 10.2 Å². The van der Waals surface area contributed by atoms with E-state index >= 15 is 0 Å². The van der Waals surface area contributed by atoms with Crippen molar-refractivity contribution < 1.29 is 23.0 Å². The van der Waals surface area contributed by atoms with Crippen molar-refractivity contribution >= 4 is 0 Å². The molecule has 3 N–H and O–H groups in total. The second-order valence-corrected chi connectivity index (χ2v) is 6.46. The van der Waals surface area contributed by atoms with Gasteiger partial charge < -0.3 is 19.9 Å². The fraction of sp³-hybridized carbons (Fsp3) is 0.143. The van der Waals surface area contributed by atoms with Crippen molar-refractivity contribution in [1.82, 2.24) is 10.2 Å². The van der Waals surface area contributed by atoms with Gasteiger partial charge in [-0.3, -0.25) is 5.10 Å². The third-order valence-electron chi connectivity index (χ3n) is 4.90. The number of rotatable bonds is 4. The summed E-state index contributed by atoms with van der Waals surface area (Å²) in [6.07, 6.45) is 0. The van der Waals surface area contributed by atoms with Crippen molar-refractivity contribution in [2.75, 3.05) is 14.2 Å². The summed E-state index contributed by atoms with van der Waals surface area (Å²) in [4.78, 5) is 0. The molecule has 9 heteroatoms. The second-order valence-electron chi connectivity index (χ2n) is 6.46. The lowest BCUT2D eigenvalue weighted by molar-refractivity contribution is 0.355. The van der Waals surface area contributed by atoms with E-state index in [1.54, 1.807) is 18.2 Å². The van der Waals surface area contributed by atoms with E-state index in [-0.39, 0.29) is 22.9 Å². The first-order valence-corrected chi connectivity index (χ1v) is 8.82. The monoisotopic (exact) mass is 410 g/mol. The normalized spacial score (nSPS) is 15.2.